The molecule has 0 spiro atoms. The first-order valence-corrected chi connectivity index (χ1v) is 10.0. The number of anilines is 2. The first-order valence-electron chi connectivity index (χ1n) is 10.0. The van der Waals surface area contributed by atoms with Crippen LogP contribution in [0.25, 0.3) is 0 Å². The maximum Gasteiger partial charge on any atom is 0.247 e. The number of amides is 2. The Morgan fingerprint density at radius 1 is 0.964 bits per heavy atom. The lowest BCUT2D eigenvalue weighted by Gasteiger charge is -2.22. The van der Waals surface area contributed by atoms with Gasteiger partial charge in [0.05, 0.1) is 6.42 Å². The largest absolute Gasteiger partial charge is 0.372 e. The minimum Gasteiger partial charge on any atom is -0.372 e. The number of carbonyl (C=O) groups excluding carboxylic acids is 2. The molecule has 1 fully saturated rings. The Kier molecular flexibility index (Phi) is 6.69. The summed E-state index contributed by atoms with van der Waals surface area (Å²) in [6.45, 7) is 6.05. The second kappa shape index (κ2) is 9.40. The summed E-state index contributed by atoms with van der Waals surface area (Å²) in [4.78, 5) is 27.5. The third-order valence-electron chi connectivity index (χ3n) is 5.08. The summed E-state index contributed by atoms with van der Waals surface area (Å²) in [5.41, 5.74) is 2.86. The van der Waals surface area contributed by atoms with Gasteiger partial charge in [-0.15, -0.1) is 0 Å². The van der Waals surface area contributed by atoms with Crippen molar-refractivity contribution in [3.8, 4) is 0 Å². The summed E-state index contributed by atoms with van der Waals surface area (Å²) in [6, 6.07) is 16.9. The molecule has 3 rings (SSSR count). The van der Waals surface area contributed by atoms with E-state index in [1.807, 2.05) is 68.4 Å². The molecule has 2 aromatic rings. The lowest BCUT2D eigenvalue weighted by Crippen LogP contribution is -2.47. The molecule has 2 amide bonds. The molecule has 1 unspecified atom stereocenters. The van der Waals surface area contributed by atoms with Gasteiger partial charge in [-0.05, 0) is 48.6 Å². The zero-order valence-electron chi connectivity index (χ0n) is 16.7. The third-order valence-corrected chi connectivity index (χ3v) is 5.08. The molecule has 1 aliphatic heterocycles. The van der Waals surface area contributed by atoms with E-state index in [-0.39, 0.29) is 24.2 Å². The Labute approximate surface area is 167 Å². The molecule has 5 nitrogen and oxygen atoms in total. The summed E-state index contributed by atoms with van der Waals surface area (Å²) < 4.78 is 0. The second-order valence-corrected chi connectivity index (χ2v) is 7.68. The smallest absolute Gasteiger partial charge is 0.247 e. The van der Waals surface area contributed by atoms with Gasteiger partial charge in [0, 0.05) is 24.5 Å². The summed E-state index contributed by atoms with van der Waals surface area (Å²) in [6.07, 6.45) is 2.73. The molecule has 0 saturated carbocycles. The molecule has 0 aliphatic carbocycles. The Morgan fingerprint density at radius 3 is 2.21 bits per heavy atom. The van der Waals surface area contributed by atoms with Crippen LogP contribution in [0.1, 0.15) is 32.3 Å². The SMILES string of the molecule is CC(C)C(NC(=O)Cc1ccccc1)C(=O)Nc1ccc(N2CCCC2)cc1. The highest BCUT2D eigenvalue weighted by Gasteiger charge is 2.24. The van der Waals surface area contributed by atoms with Crippen LogP contribution in [-0.2, 0) is 16.0 Å². The molecule has 1 heterocycles. The number of hydrogen-bond acceptors (Lipinski definition) is 3. The van der Waals surface area contributed by atoms with E-state index in [1.54, 1.807) is 0 Å². The summed E-state index contributed by atoms with van der Waals surface area (Å²) in [7, 11) is 0. The summed E-state index contributed by atoms with van der Waals surface area (Å²) >= 11 is 0. The molecule has 0 radical (unpaired) electrons. The fourth-order valence-electron chi connectivity index (χ4n) is 3.49. The van der Waals surface area contributed by atoms with Crippen LogP contribution in [-0.4, -0.2) is 30.9 Å². The number of hydrogen-bond donors (Lipinski definition) is 2. The second-order valence-electron chi connectivity index (χ2n) is 7.68. The first kappa shape index (κ1) is 19.9. The number of nitrogens with one attached hydrogen (secondary N) is 2. The van der Waals surface area contributed by atoms with E-state index in [2.05, 4.69) is 15.5 Å². The van der Waals surface area contributed by atoms with Gasteiger partial charge < -0.3 is 15.5 Å². The molecule has 1 atom stereocenters. The molecule has 0 aromatic heterocycles. The van der Waals surface area contributed by atoms with Crippen LogP contribution in [0.4, 0.5) is 11.4 Å². The van der Waals surface area contributed by atoms with Crippen LogP contribution < -0.4 is 15.5 Å². The molecule has 5 heteroatoms. The fourth-order valence-corrected chi connectivity index (χ4v) is 3.49. The highest BCUT2D eigenvalue weighted by atomic mass is 16.2. The van der Waals surface area contributed by atoms with Crippen LogP contribution in [0.5, 0.6) is 0 Å². The molecule has 1 aliphatic rings. The average molecular weight is 380 g/mol. The van der Waals surface area contributed by atoms with Crippen molar-refractivity contribution in [3.63, 3.8) is 0 Å². The van der Waals surface area contributed by atoms with E-state index in [4.69, 9.17) is 0 Å². The highest BCUT2D eigenvalue weighted by molar-refractivity contribution is 5.97. The summed E-state index contributed by atoms with van der Waals surface area (Å²) in [5, 5.41) is 5.82. The first-order chi connectivity index (χ1) is 13.5. The number of carbonyl (C=O) groups is 2. The topological polar surface area (TPSA) is 61.4 Å². The van der Waals surface area contributed by atoms with Gasteiger partial charge in [0.25, 0.3) is 0 Å². The molecule has 148 valence electrons. The normalized spacial score (nSPS) is 14.8. The van der Waals surface area contributed by atoms with Crippen LogP contribution in [0.15, 0.2) is 54.6 Å². The van der Waals surface area contributed by atoms with Crippen molar-refractivity contribution in [2.24, 2.45) is 5.92 Å². The molecule has 2 aromatic carbocycles. The van der Waals surface area contributed by atoms with Gasteiger partial charge >= 0.3 is 0 Å². The molecule has 0 bridgehead atoms. The van der Waals surface area contributed by atoms with E-state index >= 15 is 0 Å². The summed E-state index contributed by atoms with van der Waals surface area (Å²) in [5.74, 6) is -0.349. The molecular formula is C23H29N3O2. The number of rotatable bonds is 7. The van der Waals surface area contributed by atoms with E-state index in [9.17, 15) is 9.59 Å². The zero-order valence-corrected chi connectivity index (χ0v) is 16.7. The quantitative estimate of drug-likeness (QED) is 0.773. The van der Waals surface area contributed by atoms with Crippen molar-refractivity contribution in [2.45, 2.75) is 39.2 Å². The zero-order chi connectivity index (χ0) is 19.9. The molecule has 28 heavy (non-hydrogen) atoms. The Morgan fingerprint density at radius 2 is 1.61 bits per heavy atom. The van der Waals surface area contributed by atoms with Crippen molar-refractivity contribution in [1.82, 2.24) is 5.32 Å². The van der Waals surface area contributed by atoms with Crippen LogP contribution >= 0.6 is 0 Å². The number of benzene rings is 2. The lowest BCUT2D eigenvalue weighted by atomic mass is 10.0. The van der Waals surface area contributed by atoms with E-state index in [0.29, 0.717) is 0 Å². The molecular weight excluding hydrogens is 350 g/mol. The van der Waals surface area contributed by atoms with Gasteiger partial charge in [0.1, 0.15) is 6.04 Å². The fraction of sp³-hybridized carbons (Fsp3) is 0.391. The van der Waals surface area contributed by atoms with Crippen molar-refractivity contribution < 1.29 is 9.59 Å². The van der Waals surface area contributed by atoms with Crippen molar-refractivity contribution in [1.29, 1.82) is 0 Å². The monoisotopic (exact) mass is 379 g/mol. The molecule has 1 saturated heterocycles. The third kappa shape index (κ3) is 5.35. The predicted molar refractivity (Wildman–Crippen MR) is 113 cm³/mol. The van der Waals surface area contributed by atoms with Gasteiger partial charge in [-0.3, -0.25) is 9.59 Å². The van der Waals surface area contributed by atoms with E-state index in [1.165, 1.54) is 18.5 Å². The Hall–Kier alpha value is -2.82. The average Bonchev–Trinajstić information content (AvgIpc) is 3.22. The van der Waals surface area contributed by atoms with Gasteiger partial charge in [-0.1, -0.05) is 44.2 Å². The lowest BCUT2D eigenvalue weighted by molar-refractivity contribution is -0.127. The van der Waals surface area contributed by atoms with Crippen molar-refractivity contribution >= 4 is 23.2 Å². The Bertz CT molecular complexity index is 781. The van der Waals surface area contributed by atoms with Gasteiger partial charge in [-0.25, -0.2) is 0 Å². The highest BCUT2D eigenvalue weighted by Crippen LogP contribution is 2.22. The van der Waals surface area contributed by atoms with Crippen LogP contribution in [0, 0.1) is 5.92 Å². The molecule has 2 N–H and O–H groups in total. The minimum absolute atomic E-state index is 0.0106. The maximum absolute atomic E-state index is 12.7. The van der Waals surface area contributed by atoms with Crippen molar-refractivity contribution in [2.75, 3.05) is 23.3 Å². The van der Waals surface area contributed by atoms with Crippen LogP contribution in [0.2, 0.25) is 0 Å². The van der Waals surface area contributed by atoms with Crippen LogP contribution in [0.3, 0.4) is 0 Å². The standard InChI is InChI=1S/C23H29N3O2/c1-17(2)22(25-21(27)16-18-8-4-3-5-9-18)23(28)24-19-10-12-20(13-11-19)26-14-6-7-15-26/h3-5,8-13,17,22H,6-7,14-16H2,1-2H3,(H,24,28)(H,25,27). The van der Waals surface area contributed by atoms with Crippen molar-refractivity contribution in [3.05, 3.63) is 60.2 Å². The predicted octanol–water partition coefficient (Wildman–Crippen LogP) is 3.61. The number of nitrogens with zero attached hydrogens (tertiary/aromatic N) is 1. The van der Waals surface area contributed by atoms with E-state index < -0.39 is 6.04 Å². The maximum atomic E-state index is 12.7. The van der Waals surface area contributed by atoms with Gasteiger partial charge in [0.2, 0.25) is 11.8 Å². The van der Waals surface area contributed by atoms with Gasteiger partial charge in [-0.2, -0.15) is 0 Å². The minimum atomic E-state index is -0.575. The Balaban J connectivity index is 1.58. The van der Waals surface area contributed by atoms with Gasteiger partial charge in [0.15, 0.2) is 0 Å². The van der Waals surface area contributed by atoms with E-state index in [0.717, 1.165) is 24.3 Å².